The van der Waals surface area contributed by atoms with Crippen molar-refractivity contribution in [3.8, 4) is 0 Å². The normalized spacial score (nSPS) is 34.4. The summed E-state index contributed by atoms with van der Waals surface area (Å²) in [5.74, 6) is 4.07. The Morgan fingerprint density at radius 3 is 1.77 bits per heavy atom. The summed E-state index contributed by atoms with van der Waals surface area (Å²) in [6, 6.07) is 0. The molecule has 0 saturated heterocycles. The third-order valence-electron chi connectivity index (χ3n) is 9.15. The van der Waals surface area contributed by atoms with Crippen LogP contribution in [0.2, 0.25) is 0 Å². The molecule has 0 spiro atoms. The Kier molecular flexibility index (Phi) is 11.2. The van der Waals surface area contributed by atoms with Crippen molar-refractivity contribution in [2.45, 2.75) is 148 Å². The van der Waals surface area contributed by atoms with E-state index in [1.165, 1.54) is 103 Å². The number of carbonyl (C=O) groups excluding carboxylic acids is 1. The maximum absolute atomic E-state index is 12.8. The van der Waals surface area contributed by atoms with Crippen LogP contribution in [-0.2, 0) is 9.53 Å². The Bertz CT molecular complexity index is 477. The van der Waals surface area contributed by atoms with Crippen molar-refractivity contribution in [3.63, 3.8) is 0 Å². The fourth-order valence-electron chi connectivity index (χ4n) is 7.02. The van der Waals surface area contributed by atoms with E-state index in [9.17, 15) is 4.79 Å². The third-order valence-corrected chi connectivity index (χ3v) is 9.15. The van der Waals surface area contributed by atoms with Crippen LogP contribution >= 0.6 is 0 Å². The molecule has 0 aliphatic heterocycles. The van der Waals surface area contributed by atoms with Crippen LogP contribution in [0.4, 0.5) is 0 Å². The van der Waals surface area contributed by atoms with E-state index in [0.29, 0.717) is 0 Å². The van der Waals surface area contributed by atoms with E-state index in [-0.39, 0.29) is 18.0 Å². The quantitative estimate of drug-likeness (QED) is 0.241. The molecule has 3 fully saturated rings. The Labute approximate surface area is 193 Å². The van der Waals surface area contributed by atoms with E-state index in [4.69, 9.17) is 4.74 Å². The first-order valence-corrected chi connectivity index (χ1v) is 14.4. The van der Waals surface area contributed by atoms with Gasteiger partial charge in [0, 0.05) is 0 Å². The standard InChI is InChI=1S/C29H52O2/c1-3-5-6-7-8-10-24-13-21-28(22-14-24)31-29(30)27-19-17-26(18-20-27)25-15-11-23(9-4-2)12-16-25/h23-28H,3-22H2,1-2H3. The Hall–Kier alpha value is -0.530. The van der Waals surface area contributed by atoms with Gasteiger partial charge in [-0.2, -0.15) is 0 Å². The zero-order valence-corrected chi connectivity index (χ0v) is 20.9. The van der Waals surface area contributed by atoms with Gasteiger partial charge in [-0.25, -0.2) is 0 Å². The Morgan fingerprint density at radius 2 is 1.16 bits per heavy atom. The minimum atomic E-state index is 0.146. The number of esters is 1. The average Bonchev–Trinajstić information content (AvgIpc) is 2.81. The molecular weight excluding hydrogens is 380 g/mol. The smallest absolute Gasteiger partial charge is 0.309 e. The van der Waals surface area contributed by atoms with Crippen molar-refractivity contribution in [1.82, 2.24) is 0 Å². The number of hydrogen-bond donors (Lipinski definition) is 0. The molecule has 3 aliphatic rings. The van der Waals surface area contributed by atoms with Gasteiger partial charge in [-0.3, -0.25) is 4.79 Å². The molecule has 3 rings (SSSR count). The molecule has 0 bridgehead atoms. The monoisotopic (exact) mass is 432 g/mol. The lowest BCUT2D eigenvalue weighted by molar-refractivity contribution is -0.157. The average molecular weight is 433 g/mol. The lowest BCUT2D eigenvalue weighted by Gasteiger charge is -2.37. The highest BCUT2D eigenvalue weighted by Gasteiger charge is 2.34. The predicted octanol–water partition coefficient (Wildman–Crippen LogP) is 8.86. The summed E-state index contributed by atoms with van der Waals surface area (Å²) < 4.78 is 6.02. The molecule has 0 unspecified atom stereocenters. The fraction of sp³-hybridized carbons (Fsp3) is 0.966. The van der Waals surface area contributed by atoms with Crippen molar-refractivity contribution in [3.05, 3.63) is 0 Å². The van der Waals surface area contributed by atoms with Gasteiger partial charge in [-0.15, -0.1) is 0 Å². The van der Waals surface area contributed by atoms with Crippen molar-refractivity contribution in [2.24, 2.45) is 29.6 Å². The van der Waals surface area contributed by atoms with E-state index in [1.807, 2.05) is 0 Å². The summed E-state index contributed by atoms with van der Waals surface area (Å²) in [5.41, 5.74) is 0. The number of ether oxygens (including phenoxy) is 1. The number of hydrogen-bond acceptors (Lipinski definition) is 2. The van der Waals surface area contributed by atoms with Gasteiger partial charge >= 0.3 is 5.97 Å². The largest absolute Gasteiger partial charge is 0.462 e. The van der Waals surface area contributed by atoms with Crippen LogP contribution in [-0.4, -0.2) is 12.1 Å². The van der Waals surface area contributed by atoms with Crippen molar-refractivity contribution >= 4 is 5.97 Å². The predicted molar refractivity (Wildman–Crippen MR) is 131 cm³/mol. The molecule has 31 heavy (non-hydrogen) atoms. The zero-order chi connectivity index (χ0) is 21.9. The molecule has 3 saturated carbocycles. The van der Waals surface area contributed by atoms with Crippen LogP contribution in [0, 0.1) is 29.6 Å². The van der Waals surface area contributed by atoms with Crippen LogP contribution in [0.5, 0.6) is 0 Å². The maximum Gasteiger partial charge on any atom is 0.309 e. The second-order valence-corrected chi connectivity index (χ2v) is 11.5. The van der Waals surface area contributed by atoms with Crippen molar-refractivity contribution in [1.29, 1.82) is 0 Å². The minimum absolute atomic E-state index is 0.146. The molecule has 0 aromatic rings. The molecule has 0 N–H and O–H groups in total. The summed E-state index contributed by atoms with van der Waals surface area (Å²) in [7, 11) is 0. The van der Waals surface area contributed by atoms with E-state index >= 15 is 0 Å². The van der Waals surface area contributed by atoms with Gasteiger partial charge in [0.25, 0.3) is 0 Å². The molecule has 0 atom stereocenters. The van der Waals surface area contributed by atoms with Crippen molar-refractivity contribution < 1.29 is 9.53 Å². The van der Waals surface area contributed by atoms with E-state index in [1.54, 1.807) is 0 Å². The highest BCUT2D eigenvalue weighted by Crippen LogP contribution is 2.42. The van der Waals surface area contributed by atoms with Gasteiger partial charge in [-0.05, 0) is 87.9 Å². The van der Waals surface area contributed by atoms with Gasteiger partial charge < -0.3 is 4.74 Å². The molecule has 0 aromatic heterocycles. The second kappa shape index (κ2) is 13.9. The summed E-state index contributed by atoms with van der Waals surface area (Å²) in [6.45, 7) is 4.61. The molecule has 0 heterocycles. The molecule has 2 heteroatoms. The van der Waals surface area contributed by atoms with Crippen LogP contribution in [0.25, 0.3) is 0 Å². The SMILES string of the molecule is CCCCCCCC1CCC(OC(=O)C2CCC(C3CCC(CCC)CC3)CC2)CC1. The van der Waals surface area contributed by atoms with Gasteiger partial charge in [0.2, 0.25) is 0 Å². The van der Waals surface area contributed by atoms with E-state index in [2.05, 4.69) is 13.8 Å². The van der Waals surface area contributed by atoms with Gasteiger partial charge in [-0.1, -0.05) is 78.1 Å². The summed E-state index contributed by atoms with van der Waals surface area (Å²) in [4.78, 5) is 12.8. The first-order chi connectivity index (χ1) is 15.2. The lowest BCUT2D eigenvalue weighted by atomic mass is 9.69. The van der Waals surface area contributed by atoms with Crippen LogP contribution in [0.1, 0.15) is 142 Å². The number of unbranched alkanes of at least 4 members (excludes halogenated alkanes) is 4. The number of rotatable bonds is 11. The van der Waals surface area contributed by atoms with E-state index in [0.717, 1.165) is 49.4 Å². The van der Waals surface area contributed by atoms with Gasteiger partial charge in [0.15, 0.2) is 0 Å². The highest BCUT2D eigenvalue weighted by atomic mass is 16.5. The topological polar surface area (TPSA) is 26.3 Å². The first-order valence-electron chi connectivity index (χ1n) is 14.4. The van der Waals surface area contributed by atoms with Crippen molar-refractivity contribution in [2.75, 3.05) is 0 Å². The second-order valence-electron chi connectivity index (χ2n) is 11.5. The molecule has 0 radical (unpaired) electrons. The highest BCUT2D eigenvalue weighted by molar-refractivity contribution is 5.72. The molecule has 2 nitrogen and oxygen atoms in total. The molecule has 180 valence electrons. The number of carbonyl (C=O) groups is 1. The molecule has 0 aromatic carbocycles. The van der Waals surface area contributed by atoms with E-state index < -0.39 is 0 Å². The lowest BCUT2D eigenvalue weighted by Crippen LogP contribution is -2.32. The van der Waals surface area contributed by atoms with Gasteiger partial charge in [0.05, 0.1) is 5.92 Å². The Balaban J connectivity index is 1.27. The minimum Gasteiger partial charge on any atom is -0.462 e. The zero-order valence-electron chi connectivity index (χ0n) is 20.9. The van der Waals surface area contributed by atoms with Crippen LogP contribution in [0.15, 0.2) is 0 Å². The fourth-order valence-corrected chi connectivity index (χ4v) is 7.02. The van der Waals surface area contributed by atoms with Crippen LogP contribution < -0.4 is 0 Å². The first kappa shape index (κ1) is 25.1. The Morgan fingerprint density at radius 1 is 0.613 bits per heavy atom. The summed E-state index contributed by atoms with van der Waals surface area (Å²) in [5, 5.41) is 0. The summed E-state index contributed by atoms with van der Waals surface area (Å²) in [6.07, 6.45) is 26.7. The third kappa shape index (κ3) is 8.39. The maximum atomic E-state index is 12.8. The molecule has 0 amide bonds. The summed E-state index contributed by atoms with van der Waals surface area (Å²) >= 11 is 0. The molecular formula is C29H52O2. The van der Waals surface area contributed by atoms with Gasteiger partial charge in [0.1, 0.15) is 6.10 Å². The molecule has 3 aliphatic carbocycles. The van der Waals surface area contributed by atoms with Crippen LogP contribution in [0.3, 0.4) is 0 Å².